The van der Waals surface area contributed by atoms with Crippen molar-refractivity contribution in [3.05, 3.63) is 0 Å². The molecule has 0 saturated carbocycles. The quantitative estimate of drug-likeness (QED) is 0.719. The Kier molecular flexibility index (Phi) is 6.74. The van der Waals surface area contributed by atoms with Crippen molar-refractivity contribution in [1.29, 1.82) is 0 Å². The van der Waals surface area contributed by atoms with Gasteiger partial charge in [-0.3, -0.25) is 4.79 Å². The Labute approximate surface area is 69.4 Å². The van der Waals surface area contributed by atoms with Crippen LogP contribution in [-0.2, 0) is 4.79 Å². The maximum atomic E-state index is 11.6. The van der Waals surface area contributed by atoms with Gasteiger partial charge >= 0.3 is 12.1 Å². The van der Waals surface area contributed by atoms with Crippen molar-refractivity contribution < 1.29 is 23.1 Å². The monoisotopic (exact) mass is 186 g/mol. The highest BCUT2D eigenvalue weighted by atomic mass is 19.4. The van der Waals surface area contributed by atoms with Crippen LogP contribution >= 0.6 is 0 Å². The third-order valence-corrected chi connectivity index (χ3v) is 1.10. The lowest BCUT2D eigenvalue weighted by molar-refractivity contribution is -0.193. The highest BCUT2D eigenvalue weighted by Gasteiger charge is 2.43. The molecule has 1 atom stereocenters. The molecule has 0 radical (unpaired) electrons. The van der Waals surface area contributed by atoms with Crippen molar-refractivity contribution in [2.45, 2.75) is 33.4 Å². The summed E-state index contributed by atoms with van der Waals surface area (Å²) >= 11 is 0. The van der Waals surface area contributed by atoms with Gasteiger partial charge in [-0.15, -0.1) is 0 Å². The van der Waals surface area contributed by atoms with E-state index in [0.717, 1.165) is 0 Å². The van der Waals surface area contributed by atoms with E-state index in [4.69, 9.17) is 5.11 Å². The van der Waals surface area contributed by atoms with Crippen LogP contribution in [0.25, 0.3) is 0 Å². The molecule has 0 amide bonds. The molecule has 0 aliphatic rings. The molecular formula is C7H13F3O2. The van der Waals surface area contributed by atoms with Gasteiger partial charge in [-0.25, -0.2) is 0 Å². The summed E-state index contributed by atoms with van der Waals surface area (Å²) in [5.41, 5.74) is 0. The first-order valence-corrected chi connectivity index (χ1v) is 3.69. The normalized spacial score (nSPS) is 12.8. The van der Waals surface area contributed by atoms with E-state index in [9.17, 15) is 18.0 Å². The smallest absolute Gasteiger partial charge is 0.402 e. The highest BCUT2D eigenvalue weighted by Crippen LogP contribution is 2.28. The fourth-order valence-corrected chi connectivity index (χ4v) is 0.546. The van der Waals surface area contributed by atoms with Crippen LogP contribution in [0.1, 0.15) is 27.2 Å². The first-order valence-electron chi connectivity index (χ1n) is 3.69. The van der Waals surface area contributed by atoms with Crippen LogP contribution in [0.3, 0.4) is 0 Å². The molecular weight excluding hydrogens is 173 g/mol. The fraction of sp³-hybridized carbons (Fsp3) is 0.857. The van der Waals surface area contributed by atoms with E-state index in [-0.39, 0.29) is 0 Å². The molecule has 0 aliphatic carbocycles. The number of hydrogen-bond acceptors (Lipinski definition) is 1. The lowest BCUT2D eigenvalue weighted by Gasteiger charge is -2.12. The van der Waals surface area contributed by atoms with Crippen molar-refractivity contribution in [2.75, 3.05) is 0 Å². The van der Waals surface area contributed by atoms with Gasteiger partial charge in [0, 0.05) is 0 Å². The molecule has 12 heavy (non-hydrogen) atoms. The molecule has 1 N–H and O–H groups in total. The van der Waals surface area contributed by atoms with E-state index in [1.54, 1.807) is 0 Å². The molecule has 0 bridgehead atoms. The van der Waals surface area contributed by atoms with Gasteiger partial charge in [-0.1, -0.05) is 20.8 Å². The standard InChI is InChI=1S/C5H7F3O2.C2H6/c1-2-3(4(9)10)5(6,7)8;1-2/h3H,2H2,1H3,(H,9,10);1-2H3. The minimum Gasteiger partial charge on any atom is -0.481 e. The second-order valence-electron chi connectivity index (χ2n) is 1.84. The van der Waals surface area contributed by atoms with Crippen LogP contribution in [0.5, 0.6) is 0 Å². The molecule has 74 valence electrons. The summed E-state index contributed by atoms with van der Waals surface area (Å²) in [7, 11) is 0. The zero-order valence-corrected chi connectivity index (χ0v) is 7.27. The zero-order chi connectivity index (χ0) is 10.4. The number of alkyl halides is 3. The maximum Gasteiger partial charge on any atom is 0.402 e. The van der Waals surface area contributed by atoms with Gasteiger partial charge in [0.1, 0.15) is 0 Å². The zero-order valence-electron chi connectivity index (χ0n) is 7.27. The predicted molar refractivity (Wildman–Crippen MR) is 38.8 cm³/mol. The predicted octanol–water partition coefficient (Wildman–Crippen LogP) is 2.69. The number of hydrogen-bond donors (Lipinski definition) is 1. The molecule has 0 aliphatic heterocycles. The Bertz CT molecular complexity index is 131. The van der Waals surface area contributed by atoms with Gasteiger partial charge < -0.3 is 5.11 Å². The van der Waals surface area contributed by atoms with E-state index in [2.05, 4.69) is 0 Å². The second kappa shape index (κ2) is 5.85. The van der Waals surface area contributed by atoms with E-state index in [1.807, 2.05) is 13.8 Å². The van der Waals surface area contributed by atoms with E-state index in [1.165, 1.54) is 6.92 Å². The molecule has 0 spiro atoms. The summed E-state index contributed by atoms with van der Waals surface area (Å²) in [5.74, 6) is -4.03. The van der Waals surface area contributed by atoms with Gasteiger partial charge in [0.15, 0.2) is 5.92 Å². The summed E-state index contributed by atoms with van der Waals surface area (Å²) < 4.78 is 34.8. The molecule has 2 nitrogen and oxygen atoms in total. The van der Waals surface area contributed by atoms with Crippen molar-refractivity contribution in [1.82, 2.24) is 0 Å². The largest absolute Gasteiger partial charge is 0.481 e. The van der Waals surface area contributed by atoms with Crippen molar-refractivity contribution >= 4 is 5.97 Å². The summed E-state index contributed by atoms with van der Waals surface area (Å²) in [6.45, 7) is 5.19. The van der Waals surface area contributed by atoms with Crippen LogP contribution in [-0.4, -0.2) is 17.3 Å². The molecule has 0 aromatic rings. The van der Waals surface area contributed by atoms with Crippen LogP contribution in [0.4, 0.5) is 13.2 Å². The minimum absolute atomic E-state index is 0.418. The molecule has 0 aromatic carbocycles. The lowest BCUT2D eigenvalue weighted by atomic mass is 10.1. The van der Waals surface area contributed by atoms with Gasteiger partial charge in [-0.2, -0.15) is 13.2 Å². The van der Waals surface area contributed by atoms with Gasteiger partial charge in [0.25, 0.3) is 0 Å². The highest BCUT2D eigenvalue weighted by molar-refractivity contribution is 5.70. The third-order valence-electron chi connectivity index (χ3n) is 1.10. The number of rotatable bonds is 2. The SMILES string of the molecule is CC.CCC(C(=O)O)C(F)(F)F. The van der Waals surface area contributed by atoms with E-state index in [0.29, 0.717) is 0 Å². The molecule has 0 rings (SSSR count). The first kappa shape index (κ1) is 13.8. The summed E-state index contributed by atoms with van der Waals surface area (Å²) in [6.07, 6.45) is -5.03. The number of carbonyl (C=O) groups is 1. The van der Waals surface area contributed by atoms with Gasteiger partial charge in [0.2, 0.25) is 0 Å². The average Bonchev–Trinajstić information content (AvgIpc) is 1.89. The first-order chi connectivity index (χ1) is 5.39. The van der Waals surface area contributed by atoms with Crippen LogP contribution in [0, 0.1) is 5.92 Å². The Hall–Kier alpha value is -0.740. The van der Waals surface area contributed by atoms with Crippen molar-refractivity contribution in [2.24, 2.45) is 5.92 Å². The molecule has 5 heteroatoms. The molecule has 1 unspecified atom stereocenters. The van der Waals surface area contributed by atoms with E-state index < -0.39 is 24.5 Å². The number of halogens is 3. The number of carboxylic acid groups (broad SMARTS) is 1. The summed E-state index contributed by atoms with van der Waals surface area (Å²) in [5, 5.41) is 7.99. The van der Waals surface area contributed by atoms with Crippen LogP contribution in [0.2, 0.25) is 0 Å². The Morgan fingerprint density at radius 1 is 1.42 bits per heavy atom. The van der Waals surface area contributed by atoms with Crippen LogP contribution < -0.4 is 0 Å². The maximum absolute atomic E-state index is 11.6. The molecule has 0 saturated heterocycles. The second-order valence-corrected chi connectivity index (χ2v) is 1.84. The van der Waals surface area contributed by atoms with Crippen LogP contribution in [0.15, 0.2) is 0 Å². The average molecular weight is 186 g/mol. The fourth-order valence-electron chi connectivity index (χ4n) is 0.546. The Morgan fingerprint density at radius 3 is 1.75 bits per heavy atom. The molecule has 0 fully saturated rings. The summed E-state index contributed by atoms with van der Waals surface area (Å²) in [4.78, 5) is 9.86. The van der Waals surface area contributed by atoms with E-state index >= 15 is 0 Å². The number of aliphatic carboxylic acids is 1. The molecule has 0 aromatic heterocycles. The lowest BCUT2D eigenvalue weighted by Crippen LogP contribution is -2.29. The van der Waals surface area contributed by atoms with Gasteiger partial charge in [-0.05, 0) is 6.42 Å². The Balaban J connectivity index is 0. The third kappa shape index (κ3) is 4.98. The Morgan fingerprint density at radius 2 is 1.75 bits per heavy atom. The van der Waals surface area contributed by atoms with Crippen molar-refractivity contribution in [3.8, 4) is 0 Å². The van der Waals surface area contributed by atoms with Gasteiger partial charge in [0.05, 0.1) is 0 Å². The van der Waals surface area contributed by atoms with Crippen molar-refractivity contribution in [3.63, 3.8) is 0 Å². The number of carboxylic acids is 1. The minimum atomic E-state index is -4.61. The topological polar surface area (TPSA) is 37.3 Å². The molecule has 0 heterocycles. The summed E-state index contributed by atoms with van der Waals surface area (Å²) in [6, 6.07) is 0.